The summed E-state index contributed by atoms with van der Waals surface area (Å²) in [6.45, 7) is 3.78. The number of hydrogen-bond acceptors (Lipinski definition) is 4. The highest BCUT2D eigenvalue weighted by Crippen LogP contribution is 2.34. The summed E-state index contributed by atoms with van der Waals surface area (Å²) < 4.78 is 5.08. The Morgan fingerprint density at radius 1 is 0.958 bits per heavy atom. The molecule has 0 spiro atoms. The van der Waals surface area contributed by atoms with Crippen LogP contribution < -0.4 is 9.64 Å². The third kappa shape index (κ3) is 2.44. The average Bonchev–Trinajstić information content (AvgIpc) is 2.78. The lowest BCUT2D eigenvalue weighted by Gasteiger charge is -2.15. The first-order valence-electron chi connectivity index (χ1n) is 7.47. The molecular formula is C19H17NO4. The van der Waals surface area contributed by atoms with Crippen LogP contribution in [0.1, 0.15) is 16.7 Å². The van der Waals surface area contributed by atoms with Crippen molar-refractivity contribution in [2.24, 2.45) is 0 Å². The molecule has 0 saturated carbocycles. The predicted octanol–water partition coefficient (Wildman–Crippen LogP) is 3.15. The van der Waals surface area contributed by atoms with E-state index in [0.717, 1.165) is 16.0 Å². The van der Waals surface area contributed by atoms with Crippen LogP contribution in [-0.2, 0) is 9.59 Å². The van der Waals surface area contributed by atoms with Crippen LogP contribution in [0.4, 0.5) is 5.69 Å². The Kier molecular flexibility index (Phi) is 3.85. The quantitative estimate of drug-likeness (QED) is 0.881. The van der Waals surface area contributed by atoms with Gasteiger partial charge in [0.2, 0.25) is 0 Å². The van der Waals surface area contributed by atoms with Crippen LogP contribution in [0.3, 0.4) is 0 Å². The number of amides is 2. The van der Waals surface area contributed by atoms with Crippen molar-refractivity contribution in [3.05, 3.63) is 64.9 Å². The summed E-state index contributed by atoms with van der Waals surface area (Å²) in [5.74, 6) is -1.16. The van der Waals surface area contributed by atoms with E-state index in [2.05, 4.69) is 0 Å². The topological polar surface area (TPSA) is 66.8 Å². The monoisotopic (exact) mass is 323 g/mol. The van der Waals surface area contributed by atoms with E-state index in [1.165, 1.54) is 7.11 Å². The summed E-state index contributed by atoms with van der Waals surface area (Å²) in [6.07, 6.45) is 0. The van der Waals surface area contributed by atoms with E-state index < -0.39 is 17.6 Å². The van der Waals surface area contributed by atoms with Crippen LogP contribution >= 0.6 is 0 Å². The van der Waals surface area contributed by atoms with Crippen molar-refractivity contribution < 1.29 is 19.4 Å². The molecule has 0 bridgehead atoms. The Labute approximate surface area is 139 Å². The first kappa shape index (κ1) is 15.8. The smallest absolute Gasteiger partial charge is 0.301 e. The van der Waals surface area contributed by atoms with E-state index in [-0.39, 0.29) is 5.57 Å². The highest BCUT2D eigenvalue weighted by atomic mass is 16.5. The number of aliphatic hydroxyl groups excluding tert-OH is 1. The molecule has 5 nitrogen and oxygen atoms in total. The molecule has 2 aromatic carbocycles. The summed E-state index contributed by atoms with van der Waals surface area (Å²) in [6, 6.07) is 12.0. The van der Waals surface area contributed by atoms with Gasteiger partial charge in [-0.15, -0.1) is 0 Å². The van der Waals surface area contributed by atoms with Crippen LogP contribution in [0.5, 0.6) is 5.75 Å². The summed E-state index contributed by atoms with van der Waals surface area (Å²) in [5, 5.41) is 10.3. The number of ether oxygens (including phenoxy) is 1. The van der Waals surface area contributed by atoms with E-state index in [0.29, 0.717) is 17.0 Å². The molecule has 0 unspecified atom stereocenters. The largest absolute Gasteiger partial charge is 0.502 e. The van der Waals surface area contributed by atoms with Crippen LogP contribution in [0.15, 0.2) is 48.2 Å². The molecule has 2 amide bonds. The number of carbonyl (C=O) groups is 2. The van der Waals surface area contributed by atoms with Gasteiger partial charge in [0.15, 0.2) is 5.76 Å². The Balaban J connectivity index is 2.04. The molecule has 1 N–H and O–H groups in total. The van der Waals surface area contributed by atoms with Crippen molar-refractivity contribution in [2.75, 3.05) is 12.0 Å². The van der Waals surface area contributed by atoms with E-state index in [9.17, 15) is 14.7 Å². The second-order valence-corrected chi connectivity index (χ2v) is 5.69. The number of nitrogens with zero attached hydrogens (tertiary/aromatic N) is 1. The Hall–Kier alpha value is -3.08. The first-order valence-corrected chi connectivity index (χ1v) is 7.47. The van der Waals surface area contributed by atoms with Gasteiger partial charge in [-0.25, -0.2) is 4.90 Å². The number of hydrogen-bond donors (Lipinski definition) is 1. The van der Waals surface area contributed by atoms with Crippen molar-refractivity contribution >= 4 is 23.1 Å². The van der Waals surface area contributed by atoms with Gasteiger partial charge in [-0.1, -0.05) is 23.8 Å². The van der Waals surface area contributed by atoms with Gasteiger partial charge in [-0.3, -0.25) is 9.59 Å². The van der Waals surface area contributed by atoms with E-state index in [1.807, 2.05) is 26.0 Å². The van der Waals surface area contributed by atoms with Gasteiger partial charge in [0, 0.05) is 0 Å². The van der Waals surface area contributed by atoms with E-state index in [4.69, 9.17) is 4.74 Å². The molecule has 0 fully saturated rings. The van der Waals surface area contributed by atoms with Crippen molar-refractivity contribution in [2.45, 2.75) is 13.8 Å². The minimum Gasteiger partial charge on any atom is -0.502 e. The summed E-state index contributed by atoms with van der Waals surface area (Å²) in [7, 11) is 1.53. The number of aliphatic hydroxyl groups is 1. The first-order chi connectivity index (χ1) is 11.4. The zero-order valence-corrected chi connectivity index (χ0v) is 13.7. The molecule has 1 aliphatic heterocycles. The standard InChI is InChI=1S/C19H17NO4/c1-11-4-9-15(12(2)10-11)16-17(21)19(23)20(18(16)22)13-5-7-14(24-3)8-6-13/h4-10,21H,1-3H3. The Morgan fingerprint density at radius 2 is 1.62 bits per heavy atom. The lowest BCUT2D eigenvalue weighted by Crippen LogP contribution is -2.31. The fourth-order valence-electron chi connectivity index (χ4n) is 2.82. The van der Waals surface area contributed by atoms with Crippen molar-refractivity contribution in [3.8, 4) is 5.75 Å². The number of imide groups is 1. The third-order valence-corrected chi connectivity index (χ3v) is 4.04. The zero-order chi connectivity index (χ0) is 17.4. The second-order valence-electron chi connectivity index (χ2n) is 5.69. The van der Waals surface area contributed by atoms with Crippen LogP contribution in [0.25, 0.3) is 5.57 Å². The average molecular weight is 323 g/mol. The predicted molar refractivity (Wildman–Crippen MR) is 91.0 cm³/mol. The molecular weight excluding hydrogens is 306 g/mol. The summed E-state index contributed by atoms with van der Waals surface area (Å²) in [4.78, 5) is 26.1. The molecule has 122 valence electrons. The molecule has 0 saturated heterocycles. The zero-order valence-electron chi connectivity index (χ0n) is 13.7. The highest BCUT2D eigenvalue weighted by Gasteiger charge is 2.40. The minimum absolute atomic E-state index is 0.0355. The Morgan fingerprint density at radius 3 is 2.21 bits per heavy atom. The minimum atomic E-state index is -0.722. The summed E-state index contributed by atoms with van der Waals surface area (Å²) in [5.41, 5.74) is 2.85. The lowest BCUT2D eigenvalue weighted by molar-refractivity contribution is -0.121. The van der Waals surface area contributed by atoms with E-state index >= 15 is 0 Å². The molecule has 5 heteroatoms. The maximum absolute atomic E-state index is 12.8. The number of aryl methyl sites for hydroxylation is 2. The molecule has 0 atom stereocenters. The number of anilines is 1. The fraction of sp³-hybridized carbons (Fsp3) is 0.158. The van der Waals surface area contributed by atoms with Crippen molar-refractivity contribution in [3.63, 3.8) is 0 Å². The van der Waals surface area contributed by atoms with Gasteiger partial charge in [-0.05, 0) is 49.2 Å². The van der Waals surface area contributed by atoms with E-state index in [1.54, 1.807) is 30.3 Å². The number of carbonyl (C=O) groups excluding carboxylic acids is 2. The fourth-order valence-corrected chi connectivity index (χ4v) is 2.82. The van der Waals surface area contributed by atoms with Gasteiger partial charge in [-0.2, -0.15) is 0 Å². The molecule has 2 aromatic rings. The van der Waals surface area contributed by atoms with Crippen LogP contribution in [-0.4, -0.2) is 24.0 Å². The Bertz CT molecular complexity index is 865. The number of methoxy groups -OCH3 is 1. The van der Waals surface area contributed by atoms with Gasteiger partial charge < -0.3 is 9.84 Å². The van der Waals surface area contributed by atoms with Crippen LogP contribution in [0, 0.1) is 13.8 Å². The second kappa shape index (κ2) is 5.85. The molecule has 0 radical (unpaired) electrons. The van der Waals surface area contributed by atoms with Crippen LogP contribution in [0.2, 0.25) is 0 Å². The molecule has 24 heavy (non-hydrogen) atoms. The lowest BCUT2D eigenvalue weighted by atomic mass is 9.98. The van der Waals surface area contributed by atoms with Gasteiger partial charge in [0.25, 0.3) is 5.91 Å². The molecule has 0 aromatic heterocycles. The maximum Gasteiger partial charge on any atom is 0.301 e. The highest BCUT2D eigenvalue weighted by molar-refractivity contribution is 6.45. The molecule has 3 rings (SSSR count). The van der Waals surface area contributed by atoms with Gasteiger partial charge in [0.1, 0.15) is 5.75 Å². The van der Waals surface area contributed by atoms with Crippen molar-refractivity contribution in [1.29, 1.82) is 0 Å². The third-order valence-electron chi connectivity index (χ3n) is 4.04. The van der Waals surface area contributed by atoms with Gasteiger partial charge >= 0.3 is 5.91 Å². The normalized spacial score (nSPS) is 14.5. The van der Waals surface area contributed by atoms with Gasteiger partial charge in [0.05, 0.1) is 18.4 Å². The molecule has 1 aliphatic rings. The molecule has 0 aliphatic carbocycles. The number of benzene rings is 2. The molecule has 1 heterocycles. The van der Waals surface area contributed by atoms with Crippen molar-refractivity contribution in [1.82, 2.24) is 0 Å². The SMILES string of the molecule is COc1ccc(N2C(=O)C(O)=C(c3ccc(C)cc3C)C2=O)cc1. The summed E-state index contributed by atoms with van der Waals surface area (Å²) >= 11 is 0. The maximum atomic E-state index is 12.8. The number of rotatable bonds is 3.